The zero-order valence-corrected chi connectivity index (χ0v) is 13.7. The van der Waals surface area contributed by atoms with Crippen molar-refractivity contribution in [1.82, 2.24) is 10.2 Å². The van der Waals surface area contributed by atoms with E-state index in [0.29, 0.717) is 18.1 Å². The molecule has 1 N–H and O–H groups in total. The average molecular weight is 322 g/mol. The summed E-state index contributed by atoms with van der Waals surface area (Å²) in [4.78, 5) is 13.5. The van der Waals surface area contributed by atoms with Gasteiger partial charge in [-0.3, -0.25) is 5.32 Å². The molecule has 22 heavy (non-hydrogen) atoms. The molecule has 0 bridgehead atoms. The van der Waals surface area contributed by atoms with E-state index in [0.717, 1.165) is 5.56 Å². The highest BCUT2D eigenvalue weighted by Crippen LogP contribution is 2.24. The van der Waals surface area contributed by atoms with Gasteiger partial charge in [-0.05, 0) is 26.8 Å². The highest BCUT2D eigenvalue weighted by atomic mass is 35.5. The monoisotopic (exact) mass is 321 g/mol. The van der Waals surface area contributed by atoms with E-state index in [1.54, 1.807) is 11.0 Å². The number of likely N-dealkylation sites (tertiary alicyclic amines) is 1. The minimum absolute atomic E-state index is 0.0634. The highest BCUT2D eigenvalue weighted by Gasteiger charge is 2.35. The van der Waals surface area contributed by atoms with Crippen LogP contribution in [0.4, 0.5) is 4.79 Å². The minimum Gasteiger partial charge on any atom is -0.444 e. The van der Waals surface area contributed by atoms with Gasteiger partial charge in [0, 0.05) is 29.7 Å². The van der Waals surface area contributed by atoms with Gasteiger partial charge in [0.15, 0.2) is 0 Å². The number of nitriles is 1. The molecule has 1 saturated heterocycles. The lowest BCUT2D eigenvalue weighted by Crippen LogP contribution is -2.60. The number of ether oxygens (including phenoxy) is 1. The summed E-state index contributed by atoms with van der Waals surface area (Å²) in [5.41, 5.74) is 0.255. The first-order valence-corrected chi connectivity index (χ1v) is 7.56. The maximum Gasteiger partial charge on any atom is 0.410 e. The van der Waals surface area contributed by atoms with Crippen LogP contribution in [-0.2, 0) is 4.74 Å². The van der Waals surface area contributed by atoms with E-state index < -0.39 is 11.6 Å². The second-order valence-electron chi connectivity index (χ2n) is 6.33. The van der Waals surface area contributed by atoms with Crippen LogP contribution < -0.4 is 5.32 Å². The molecular formula is C16H20ClN3O2. The first-order valence-electron chi connectivity index (χ1n) is 7.18. The van der Waals surface area contributed by atoms with Crippen molar-refractivity contribution < 1.29 is 9.53 Å². The molecule has 1 atom stereocenters. The second-order valence-corrected chi connectivity index (χ2v) is 6.74. The van der Waals surface area contributed by atoms with E-state index in [-0.39, 0.29) is 12.1 Å². The molecule has 2 rings (SSSR count). The summed E-state index contributed by atoms with van der Waals surface area (Å²) in [6, 6.07) is 9.05. The van der Waals surface area contributed by atoms with Crippen LogP contribution in [0.15, 0.2) is 24.3 Å². The van der Waals surface area contributed by atoms with Crippen molar-refractivity contribution in [1.29, 1.82) is 5.26 Å². The maximum absolute atomic E-state index is 11.9. The Kier molecular flexibility index (Phi) is 4.94. The molecule has 5 nitrogen and oxygen atoms in total. The number of nitrogens with one attached hydrogen (secondary N) is 1. The van der Waals surface area contributed by atoms with Crippen LogP contribution in [0.5, 0.6) is 0 Å². The van der Waals surface area contributed by atoms with Crippen molar-refractivity contribution in [2.45, 2.75) is 38.5 Å². The molecule has 0 aliphatic carbocycles. The number of halogens is 1. The van der Waals surface area contributed by atoms with Crippen LogP contribution in [0.25, 0.3) is 0 Å². The minimum atomic E-state index is -0.498. The van der Waals surface area contributed by atoms with Crippen LogP contribution in [0, 0.1) is 11.3 Å². The molecule has 0 unspecified atom stereocenters. The van der Waals surface area contributed by atoms with Crippen molar-refractivity contribution in [3.05, 3.63) is 34.9 Å². The number of nitrogens with zero attached hydrogens (tertiary/aromatic N) is 2. The molecule has 0 radical (unpaired) electrons. The number of rotatable bonds is 3. The van der Waals surface area contributed by atoms with Gasteiger partial charge in [-0.25, -0.2) is 4.79 Å². The number of carbonyl (C=O) groups is 1. The van der Waals surface area contributed by atoms with Crippen LogP contribution in [0.1, 0.15) is 32.4 Å². The molecule has 1 aliphatic heterocycles. The molecule has 1 heterocycles. The summed E-state index contributed by atoms with van der Waals surface area (Å²) in [7, 11) is 0. The third kappa shape index (κ3) is 4.12. The molecule has 0 spiro atoms. The standard InChI is InChI=1S/C16H20ClN3O2/c1-16(2,3)22-15(21)20-9-11(10-20)19-14(8-18)12-6-4-5-7-13(12)17/h4-7,11,14,19H,9-10H2,1-3H3/t14-/m1/s1. The largest absolute Gasteiger partial charge is 0.444 e. The van der Waals surface area contributed by atoms with E-state index >= 15 is 0 Å². The fraction of sp³-hybridized carbons (Fsp3) is 0.500. The smallest absolute Gasteiger partial charge is 0.410 e. The molecule has 0 saturated carbocycles. The van der Waals surface area contributed by atoms with Gasteiger partial charge in [0.25, 0.3) is 0 Å². The van der Waals surface area contributed by atoms with Gasteiger partial charge < -0.3 is 9.64 Å². The van der Waals surface area contributed by atoms with E-state index in [9.17, 15) is 10.1 Å². The van der Waals surface area contributed by atoms with E-state index in [1.165, 1.54) is 0 Å². The Morgan fingerprint density at radius 3 is 2.64 bits per heavy atom. The Bertz CT molecular complexity index is 586. The lowest BCUT2D eigenvalue weighted by Gasteiger charge is -2.41. The van der Waals surface area contributed by atoms with Crippen LogP contribution in [0.3, 0.4) is 0 Å². The summed E-state index contributed by atoms with van der Waals surface area (Å²) < 4.78 is 5.30. The zero-order chi connectivity index (χ0) is 16.3. The van der Waals surface area contributed by atoms with Crippen molar-refractivity contribution in [2.75, 3.05) is 13.1 Å². The molecule has 1 aromatic carbocycles. The Morgan fingerprint density at radius 1 is 1.45 bits per heavy atom. The topological polar surface area (TPSA) is 65.4 Å². The number of hydrogen-bond donors (Lipinski definition) is 1. The molecule has 1 aliphatic rings. The predicted molar refractivity (Wildman–Crippen MR) is 84.5 cm³/mol. The Labute approximate surface area is 135 Å². The predicted octanol–water partition coefficient (Wildman–Crippen LogP) is 3.11. The van der Waals surface area contributed by atoms with Gasteiger partial charge in [0.05, 0.1) is 6.07 Å². The van der Waals surface area contributed by atoms with Gasteiger partial charge in [0.1, 0.15) is 11.6 Å². The molecule has 118 valence electrons. The third-order valence-corrected chi connectivity index (χ3v) is 3.63. The first-order chi connectivity index (χ1) is 10.3. The van der Waals surface area contributed by atoms with Gasteiger partial charge in [0.2, 0.25) is 0 Å². The Morgan fingerprint density at radius 2 is 2.09 bits per heavy atom. The van der Waals surface area contributed by atoms with Crippen molar-refractivity contribution in [3.8, 4) is 6.07 Å². The fourth-order valence-electron chi connectivity index (χ4n) is 2.20. The summed E-state index contributed by atoms with van der Waals surface area (Å²) >= 11 is 6.12. The molecule has 0 aromatic heterocycles. The second kappa shape index (κ2) is 6.55. The van der Waals surface area contributed by atoms with Crippen molar-refractivity contribution in [3.63, 3.8) is 0 Å². The Balaban J connectivity index is 1.88. The molecular weight excluding hydrogens is 302 g/mol. The molecule has 1 aromatic rings. The van der Waals surface area contributed by atoms with Crippen molar-refractivity contribution >= 4 is 17.7 Å². The van der Waals surface area contributed by atoms with Gasteiger partial charge >= 0.3 is 6.09 Å². The highest BCUT2D eigenvalue weighted by molar-refractivity contribution is 6.31. The molecule has 1 amide bonds. The molecule has 1 fully saturated rings. The van der Waals surface area contributed by atoms with Crippen LogP contribution in [0.2, 0.25) is 5.02 Å². The molecule has 6 heteroatoms. The van der Waals surface area contributed by atoms with Gasteiger partial charge in [-0.1, -0.05) is 29.8 Å². The normalized spacial score (nSPS) is 16.6. The van der Waals surface area contributed by atoms with E-state index in [1.807, 2.05) is 39.0 Å². The van der Waals surface area contributed by atoms with Crippen LogP contribution >= 0.6 is 11.6 Å². The SMILES string of the molecule is CC(C)(C)OC(=O)N1CC(N[C@H](C#N)c2ccccc2Cl)C1. The quantitative estimate of drug-likeness (QED) is 0.929. The summed E-state index contributed by atoms with van der Waals surface area (Å²) in [6.45, 7) is 6.56. The summed E-state index contributed by atoms with van der Waals surface area (Å²) in [6.07, 6.45) is -0.322. The fourth-order valence-corrected chi connectivity index (χ4v) is 2.45. The van der Waals surface area contributed by atoms with Gasteiger partial charge in [-0.15, -0.1) is 0 Å². The summed E-state index contributed by atoms with van der Waals surface area (Å²) in [5, 5.41) is 13.1. The first kappa shape index (κ1) is 16.6. The van der Waals surface area contributed by atoms with Crippen LogP contribution in [-0.4, -0.2) is 35.7 Å². The Hall–Kier alpha value is -1.77. The zero-order valence-electron chi connectivity index (χ0n) is 13.0. The van der Waals surface area contributed by atoms with E-state index in [4.69, 9.17) is 16.3 Å². The number of benzene rings is 1. The van der Waals surface area contributed by atoms with Crippen molar-refractivity contribution in [2.24, 2.45) is 0 Å². The third-order valence-electron chi connectivity index (χ3n) is 3.28. The number of carbonyl (C=O) groups excluding carboxylic acids is 1. The maximum atomic E-state index is 11.9. The lowest BCUT2D eigenvalue weighted by atomic mass is 10.0. The average Bonchev–Trinajstić information content (AvgIpc) is 2.36. The van der Waals surface area contributed by atoms with E-state index in [2.05, 4.69) is 11.4 Å². The number of amides is 1. The summed E-state index contributed by atoms with van der Waals surface area (Å²) in [5.74, 6) is 0. The van der Waals surface area contributed by atoms with Gasteiger partial charge in [-0.2, -0.15) is 5.26 Å². The lowest BCUT2D eigenvalue weighted by molar-refractivity contribution is 0.00475. The number of hydrogen-bond acceptors (Lipinski definition) is 4.